The van der Waals surface area contributed by atoms with Gasteiger partial charge in [-0.05, 0) is 18.4 Å². The summed E-state index contributed by atoms with van der Waals surface area (Å²) in [6, 6.07) is 0. The van der Waals surface area contributed by atoms with Crippen LogP contribution in [0.3, 0.4) is 0 Å². The first kappa shape index (κ1) is 5.10. The summed E-state index contributed by atoms with van der Waals surface area (Å²) in [6.07, 6.45) is 7.83. The van der Waals surface area contributed by atoms with Crippen LogP contribution in [0.5, 0.6) is 0 Å². The van der Waals surface area contributed by atoms with Crippen LogP contribution in [-0.2, 0) is 4.74 Å². The summed E-state index contributed by atoms with van der Waals surface area (Å²) in [5, 5.41) is 0. The lowest BCUT2D eigenvalue weighted by molar-refractivity contribution is 0.187. The van der Waals surface area contributed by atoms with Crippen LogP contribution < -0.4 is 0 Å². The average molecular weight is 122 g/mol. The first-order valence-corrected chi connectivity index (χ1v) is 3.48. The third kappa shape index (κ3) is 0.766. The molecule has 1 nitrogen and oxygen atoms in total. The molecule has 0 saturated carbocycles. The lowest BCUT2D eigenvalue weighted by atomic mass is 10.1. The normalized spacial score (nSPS) is 24.0. The first-order chi connectivity index (χ1) is 4.47. The zero-order chi connectivity index (χ0) is 6.10. The highest BCUT2D eigenvalue weighted by Gasteiger charge is 2.13. The molecule has 0 spiro atoms. The van der Waals surface area contributed by atoms with Gasteiger partial charge >= 0.3 is 0 Å². The van der Waals surface area contributed by atoms with E-state index < -0.39 is 0 Å². The van der Waals surface area contributed by atoms with Crippen molar-refractivity contribution in [2.75, 3.05) is 6.61 Å². The third-order valence-electron chi connectivity index (χ3n) is 1.85. The maximum absolute atomic E-state index is 5.42. The second-order valence-electron chi connectivity index (χ2n) is 2.51. The van der Waals surface area contributed by atoms with Crippen molar-refractivity contribution >= 4 is 0 Å². The first-order valence-electron chi connectivity index (χ1n) is 3.48. The minimum Gasteiger partial charge on any atom is -0.497 e. The highest BCUT2D eigenvalue weighted by Crippen LogP contribution is 2.27. The standard InChI is InChI=1S/C8H10O/c1-3-7-4-2-6-9-8(7)5-1/h1,3H,2,4-6H2. The van der Waals surface area contributed by atoms with Crippen molar-refractivity contribution in [1.82, 2.24) is 0 Å². The van der Waals surface area contributed by atoms with Gasteiger partial charge < -0.3 is 4.74 Å². The van der Waals surface area contributed by atoms with Crippen LogP contribution in [0.2, 0.25) is 0 Å². The zero-order valence-electron chi connectivity index (χ0n) is 5.39. The van der Waals surface area contributed by atoms with Crippen molar-refractivity contribution in [3.63, 3.8) is 0 Å². The highest BCUT2D eigenvalue weighted by atomic mass is 16.5. The Kier molecular flexibility index (Phi) is 1.08. The monoisotopic (exact) mass is 122 g/mol. The molecule has 0 atom stereocenters. The van der Waals surface area contributed by atoms with Crippen LogP contribution in [0, 0.1) is 0 Å². The van der Waals surface area contributed by atoms with Crippen molar-refractivity contribution in [3.05, 3.63) is 23.5 Å². The van der Waals surface area contributed by atoms with Gasteiger partial charge in [0.15, 0.2) is 0 Å². The van der Waals surface area contributed by atoms with Crippen molar-refractivity contribution in [2.24, 2.45) is 0 Å². The summed E-state index contributed by atoms with van der Waals surface area (Å²) in [7, 11) is 0. The summed E-state index contributed by atoms with van der Waals surface area (Å²) in [4.78, 5) is 0. The minimum atomic E-state index is 0.931. The molecule has 1 aliphatic carbocycles. The molecule has 0 bridgehead atoms. The molecule has 2 aliphatic rings. The van der Waals surface area contributed by atoms with Crippen molar-refractivity contribution in [2.45, 2.75) is 19.3 Å². The molecule has 1 heterocycles. The largest absolute Gasteiger partial charge is 0.497 e. The third-order valence-corrected chi connectivity index (χ3v) is 1.85. The van der Waals surface area contributed by atoms with E-state index in [0.717, 1.165) is 13.0 Å². The zero-order valence-corrected chi connectivity index (χ0v) is 5.39. The second-order valence-corrected chi connectivity index (χ2v) is 2.51. The lowest BCUT2D eigenvalue weighted by Gasteiger charge is -2.14. The molecule has 0 N–H and O–H groups in total. The van der Waals surface area contributed by atoms with Gasteiger partial charge in [-0.3, -0.25) is 0 Å². The Morgan fingerprint density at radius 3 is 3.33 bits per heavy atom. The SMILES string of the molecule is C1=CC2=C(C1)OCCC2. The molecule has 9 heavy (non-hydrogen) atoms. The topological polar surface area (TPSA) is 9.23 Å². The van der Waals surface area contributed by atoms with Gasteiger partial charge in [0.2, 0.25) is 0 Å². The average Bonchev–Trinajstić information content (AvgIpc) is 2.33. The van der Waals surface area contributed by atoms with E-state index in [1.807, 2.05) is 0 Å². The summed E-state index contributed by atoms with van der Waals surface area (Å²) >= 11 is 0. The van der Waals surface area contributed by atoms with E-state index in [2.05, 4.69) is 12.2 Å². The highest BCUT2D eigenvalue weighted by molar-refractivity contribution is 5.31. The molecule has 48 valence electrons. The Hall–Kier alpha value is -0.720. The number of hydrogen-bond acceptors (Lipinski definition) is 1. The van der Waals surface area contributed by atoms with E-state index in [1.165, 1.54) is 24.2 Å². The quantitative estimate of drug-likeness (QED) is 0.477. The maximum atomic E-state index is 5.42. The van der Waals surface area contributed by atoms with Crippen LogP contribution in [-0.4, -0.2) is 6.61 Å². The molecule has 0 aromatic heterocycles. The molecular weight excluding hydrogens is 112 g/mol. The van der Waals surface area contributed by atoms with Gasteiger partial charge in [0.05, 0.1) is 6.61 Å². The predicted molar refractivity (Wildman–Crippen MR) is 36.0 cm³/mol. The fourth-order valence-corrected chi connectivity index (χ4v) is 1.36. The molecule has 0 unspecified atom stereocenters. The predicted octanol–water partition coefficient (Wildman–Crippen LogP) is 2.01. The second kappa shape index (κ2) is 1.90. The molecule has 0 fully saturated rings. The molecule has 0 aromatic carbocycles. The van der Waals surface area contributed by atoms with Crippen LogP contribution in [0.15, 0.2) is 23.5 Å². The van der Waals surface area contributed by atoms with Gasteiger partial charge in [-0.2, -0.15) is 0 Å². The minimum absolute atomic E-state index is 0.931. The fraction of sp³-hybridized carbons (Fsp3) is 0.500. The van der Waals surface area contributed by atoms with Gasteiger partial charge in [-0.25, -0.2) is 0 Å². The van der Waals surface area contributed by atoms with E-state index in [9.17, 15) is 0 Å². The summed E-state index contributed by atoms with van der Waals surface area (Å²) in [6.45, 7) is 0.931. The Balaban J connectivity index is 2.24. The smallest absolute Gasteiger partial charge is 0.103 e. The van der Waals surface area contributed by atoms with Gasteiger partial charge in [0.25, 0.3) is 0 Å². The molecule has 2 rings (SSSR count). The van der Waals surface area contributed by atoms with Crippen molar-refractivity contribution in [1.29, 1.82) is 0 Å². The van der Waals surface area contributed by atoms with Gasteiger partial charge in [0, 0.05) is 6.42 Å². The van der Waals surface area contributed by atoms with E-state index in [-0.39, 0.29) is 0 Å². The van der Waals surface area contributed by atoms with Crippen LogP contribution in [0.1, 0.15) is 19.3 Å². The molecule has 0 amide bonds. The van der Waals surface area contributed by atoms with Gasteiger partial charge in [0.1, 0.15) is 5.76 Å². The Morgan fingerprint density at radius 1 is 1.44 bits per heavy atom. The lowest BCUT2D eigenvalue weighted by Crippen LogP contribution is -2.02. The van der Waals surface area contributed by atoms with E-state index in [0.29, 0.717) is 0 Å². The van der Waals surface area contributed by atoms with Crippen LogP contribution in [0.4, 0.5) is 0 Å². The van der Waals surface area contributed by atoms with Crippen LogP contribution in [0.25, 0.3) is 0 Å². The van der Waals surface area contributed by atoms with Gasteiger partial charge in [-0.1, -0.05) is 12.2 Å². The van der Waals surface area contributed by atoms with E-state index >= 15 is 0 Å². The molecule has 0 aromatic rings. The maximum Gasteiger partial charge on any atom is 0.103 e. The Labute approximate surface area is 55.0 Å². The number of ether oxygens (including phenoxy) is 1. The van der Waals surface area contributed by atoms with Crippen LogP contribution >= 0.6 is 0 Å². The number of allylic oxidation sites excluding steroid dienone is 3. The van der Waals surface area contributed by atoms with Gasteiger partial charge in [-0.15, -0.1) is 0 Å². The van der Waals surface area contributed by atoms with Crippen molar-refractivity contribution in [3.8, 4) is 0 Å². The molecule has 0 saturated heterocycles. The summed E-state index contributed by atoms with van der Waals surface area (Å²) in [5.74, 6) is 1.22. The van der Waals surface area contributed by atoms with Crippen molar-refractivity contribution < 1.29 is 4.74 Å². The fourth-order valence-electron chi connectivity index (χ4n) is 1.36. The molecule has 0 radical (unpaired) electrons. The Bertz CT molecular complexity index is 177. The molecule has 1 aliphatic heterocycles. The molecular formula is C8H10O. The van der Waals surface area contributed by atoms with E-state index in [4.69, 9.17) is 4.74 Å². The summed E-state index contributed by atoms with van der Waals surface area (Å²) < 4.78 is 5.42. The molecule has 1 heteroatoms. The number of rotatable bonds is 0. The Morgan fingerprint density at radius 2 is 2.44 bits per heavy atom. The number of hydrogen-bond donors (Lipinski definition) is 0. The van der Waals surface area contributed by atoms with E-state index in [1.54, 1.807) is 0 Å². The summed E-state index contributed by atoms with van der Waals surface area (Å²) in [5.41, 5.74) is 1.43.